The van der Waals surface area contributed by atoms with Gasteiger partial charge < -0.3 is 10.6 Å². The van der Waals surface area contributed by atoms with Gasteiger partial charge in [0.2, 0.25) is 0 Å². The van der Waals surface area contributed by atoms with Crippen molar-refractivity contribution in [3.8, 4) is 0 Å². The van der Waals surface area contributed by atoms with Gasteiger partial charge in [-0.1, -0.05) is 43.4 Å². The number of rotatable bonds is 4. The fourth-order valence-corrected chi connectivity index (χ4v) is 2.46. The van der Waals surface area contributed by atoms with E-state index in [0.29, 0.717) is 4.99 Å². The maximum Gasteiger partial charge on any atom is 0.104 e. The lowest BCUT2D eigenvalue weighted by molar-refractivity contribution is 0.855. The largest absolute Gasteiger partial charge is 0.389 e. The predicted molar refractivity (Wildman–Crippen MR) is 83.4 cm³/mol. The van der Waals surface area contributed by atoms with Crippen molar-refractivity contribution in [3.63, 3.8) is 0 Å². The average Bonchev–Trinajstić information content (AvgIpc) is 2.37. The number of anilines is 1. The van der Waals surface area contributed by atoms with Crippen LogP contribution in [-0.2, 0) is 0 Å². The van der Waals surface area contributed by atoms with E-state index in [0.717, 1.165) is 23.9 Å². The summed E-state index contributed by atoms with van der Waals surface area (Å²) in [6.45, 7) is 3.22. The van der Waals surface area contributed by atoms with E-state index in [1.165, 1.54) is 11.1 Å². The molecule has 0 amide bonds. The van der Waals surface area contributed by atoms with Gasteiger partial charge in [-0.15, -0.1) is 0 Å². The minimum atomic E-state index is 0.455. The van der Waals surface area contributed by atoms with Gasteiger partial charge in [-0.3, -0.25) is 0 Å². The SMILES string of the molecule is CCCN(C)c1ccc(C(N)=S)c2ccccc12. The molecule has 18 heavy (non-hydrogen) atoms. The molecule has 0 saturated carbocycles. The van der Waals surface area contributed by atoms with E-state index >= 15 is 0 Å². The van der Waals surface area contributed by atoms with E-state index in [9.17, 15) is 0 Å². The van der Waals surface area contributed by atoms with Gasteiger partial charge >= 0.3 is 0 Å². The minimum Gasteiger partial charge on any atom is -0.389 e. The number of nitrogens with two attached hydrogens (primary N) is 1. The Balaban J connectivity index is 2.64. The molecule has 2 nitrogen and oxygen atoms in total. The molecule has 0 saturated heterocycles. The summed E-state index contributed by atoms with van der Waals surface area (Å²) in [5.74, 6) is 0. The Morgan fingerprint density at radius 3 is 2.44 bits per heavy atom. The fraction of sp³-hybridized carbons (Fsp3) is 0.267. The lowest BCUT2D eigenvalue weighted by Crippen LogP contribution is -2.18. The lowest BCUT2D eigenvalue weighted by Gasteiger charge is -2.21. The van der Waals surface area contributed by atoms with E-state index in [1.54, 1.807) is 0 Å². The third-order valence-electron chi connectivity index (χ3n) is 3.14. The van der Waals surface area contributed by atoms with Crippen LogP contribution in [0.4, 0.5) is 5.69 Å². The topological polar surface area (TPSA) is 29.3 Å². The average molecular weight is 258 g/mol. The van der Waals surface area contributed by atoms with Gasteiger partial charge in [0.1, 0.15) is 4.99 Å². The molecule has 94 valence electrons. The molecule has 0 spiro atoms. The Morgan fingerprint density at radius 2 is 1.83 bits per heavy atom. The summed E-state index contributed by atoms with van der Waals surface area (Å²) in [4.78, 5) is 2.72. The van der Waals surface area contributed by atoms with Crippen LogP contribution >= 0.6 is 12.2 Å². The number of nitrogens with zero attached hydrogens (tertiary/aromatic N) is 1. The molecular formula is C15H18N2S. The second-order valence-electron chi connectivity index (χ2n) is 4.46. The van der Waals surface area contributed by atoms with E-state index < -0.39 is 0 Å². The third-order valence-corrected chi connectivity index (χ3v) is 3.36. The molecule has 0 aromatic heterocycles. The molecule has 0 radical (unpaired) electrons. The van der Waals surface area contributed by atoms with Gasteiger partial charge in [-0.25, -0.2) is 0 Å². The van der Waals surface area contributed by atoms with Crippen LogP contribution in [0.3, 0.4) is 0 Å². The van der Waals surface area contributed by atoms with Gasteiger partial charge in [0.05, 0.1) is 0 Å². The standard InChI is InChI=1S/C15H18N2S/c1-3-10-17(2)14-9-8-13(15(16)18)11-6-4-5-7-12(11)14/h4-9H,3,10H2,1-2H3,(H2,16,18). The molecule has 3 heteroatoms. The van der Waals surface area contributed by atoms with Gasteiger partial charge in [0, 0.05) is 30.2 Å². The zero-order chi connectivity index (χ0) is 13.1. The number of hydrogen-bond donors (Lipinski definition) is 1. The number of benzene rings is 2. The highest BCUT2D eigenvalue weighted by Crippen LogP contribution is 2.29. The van der Waals surface area contributed by atoms with Gasteiger partial charge in [0.25, 0.3) is 0 Å². The molecule has 0 aliphatic rings. The van der Waals surface area contributed by atoms with Crippen LogP contribution < -0.4 is 10.6 Å². The zero-order valence-corrected chi connectivity index (χ0v) is 11.6. The lowest BCUT2D eigenvalue weighted by atomic mass is 10.0. The van der Waals surface area contributed by atoms with Gasteiger partial charge in [-0.05, 0) is 23.9 Å². The Bertz CT molecular complexity index is 578. The monoisotopic (exact) mass is 258 g/mol. The summed E-state index contributed by atoms with van der Waals surface area (Å²) in [5, 5.41) is 2.34. The second kappa shape index (κ2) is 5.36. The van der Waals surface area contributed by atoms with Crippen molar-refractivity contribution in [1.29, 1.82) is 0 Å². The quantitative estimate of drug-likeness (QED) is 0.853. The minimum absolute atomic E-state index is 0.455. The first-order valence-corrected chi connectivity index (χ1v) is 6.58. The number of fused-ring (bicyclic) bond motifs is 1. The Kier molecular flexibility index (Phi) is 3.82. The molecule has 0 aliphatic carbocycles. The first-order valence-electron chi connectivity index (χ1n) is 6.17. The summed E-state index contributed by atoms with van der Waals surface area (Å²) in [5.41, 5.74) is 7.96. The maximum absolute atomic E-state index is 5.78. The molecule has 2 aromatic rings. The Morgan fingerprint density at radius 1 is 1.17 bits per heavy atom. The van der Waals surface area contributed by atoms with Crippen molar-refractivity contribution >= 4 is 33.7 Å². The summed E-state index contributed by atoms with van der Waals surface area (Å²) >= 11 is 5.11. The molecule has 0 aliphatic heterocycles. The molecule has 0 atom stereocenters. The second-order valence-corrected chi connectivity index (χ2v) is 4.90. The Hall–Kier alpha value is -1.61. The van der Waals surface area contributed by atoms with Crippen LogP contribution in [0.2, 0.25) is 0 Å². The molecule has 2 rings (SSSR count). The van der Waals surface area contributed by atoms with Crippen LogP contribution in [0.1, 0.15) is 18.9 Å². The number of hydrogen-bond acceptors (Lipinski definition) is 2. The molecular weight excluding hydrogens is 240 g/mol. The highest BCUT2D eigenvalue weighted by Gasteiger charge is 2.09. The van der Waals surface area contributed by atoms with Crippen LogP contribution in [0.25, 0.3) is 10.8 Å². The first kappa shape index (κ1) is 12.8. The van der Waals surface area contributed by atoms with Crippen LogP contribution in [0.5, 0.6) is 0 Å². The van der Waals surface area contributed by atoms with E-state index in [-0.39, 0.29) is 0 Å². The van der Waals surface area contributed by atoms with Crippen LogP contribution in [0, 0.1) is 0 Å². The van der Waals surface area contributed by atoms with Gasteiger partial charge in [-0.2, -0.15) is 0 Å². The predicted octanol–water partition coefficient (Wildman–Crippen LogP) is 3.32. The molecule has 0 unspecified atom stereocenters. The normalized spacial score (nSPS) is 10.6. The Labute approximate surface area is 113 Å². The van der Waals surface area contributed by atoms with E-state index in [2.05, 4.69) is 43.1 Å². The number of thiocarbonyl (C=S) groups is 1. The van der Waals surface area contributed by atoms with Crippen molar-refractivity contribution < 1.29 is 0 Å². The van der Waals surface area contributed by atoms with Crippen molar-refractivity contribution in [2.75, 3.05) is 18.5 Å². The highest BCUT2D eigenvalue weighted by molar-refractivity contribution is 7.80. The van der Waals surface area contributed by atoms with E-state index in [1.807, 2.05) is 12.1 Å². The molecule has 2 N–H and O–H groups in total. The van der Waals surface area contributed by atoms with Gasteiger partial charge in [0.15, 0.2) is 0 Å². The van der Waals surface area contributed by atoms with E-state index in [4.69, 9.17) is 18.0 Å². The summed E-state index contributed by atoms with van der Waals surface area (Å²) in [6, 6.07) is 12.4. The van der Waals surface area contributed by atoms with Crippen molar-refractivity contribution in [3.05, 3.63) is 42.0 Å². The zero-order valence-electron chi connectivity index (χ0n) is 10.8. The first-order chi connectivity index (χ1) is 8.65. The molecule has 2 aromatic carbocycles. The molecule has 0 bridgehead atoms. The van der Waals surface area contributed by atoms with Crippen LogP contribution in [-0.4, -0.2) is 18.6 Å². The van der Waals surface area contributed by atoms with Crippen LogP contribution in [0.15, 0.2) is 36.4 Å². The summed E-state index contributed by atoms with van der Waals surface area (Å²) in [6.07, 6.45) is 1.13. The maximum atomic E-state index is 5.78. The third kappa shape index (κ3) is 2.31. The molecule has 0 heterocycles. The summed E-state index contributed by atoms with van der Waals surface area (Å²) in [7, 11) is 2.12. The van der Waals surface area contributed by atoms with Crippen molar-refractivity contribution in [2.24, 2.45) is 5.73 Å². The smallest absolute Gasteiger partial charge is 0.104 e. The summed E-state index contributed by atoms with van der Waals surface area (Å²) < 4.78 is 0. The van der Waals surface area contributed by atoms with Crippen molar-refractivity contribution in [1.82, 2.24) is 0 Å². The fourth-order valence-electron chi connectivity index (χ4n) is 2.29. The van der Waals surface area contributed by atoms with Crippen molar-refractivity contribution in [2.45, 2.75) is 13.3 Å². The molecule has 0 fully saturated rings. The highest BCUT2D eigenvalue weighted by atomic mass is 32.1.